The first-order valence-corrected chi connectivity index (χ1v) is 7.55. The first-order valence-electron chi connectivity index (χ1n) is 6.73. The molecule has 1 N–H and O–H groups in total. The summed E-state index contributed by atoms with van der Waals surface area (Å²) in [7, 11) is 0. The topological polar surface area (TPSA) is 89.2 Å². The second-order valence-corrected chi connectivity index (χ2v) is 5.82. The van der Waals surface area contributed by atoms with Crippen molar-refractivity contribution in [3.8, 4) is 0 Å². The van der Waals surface area contributed by atoms with Gasteiger partial charge in [-0.3, -0.25) is 9.59 Å². The Balaban J connectivity index is 1.75. The highest BCUT2D eigenvalue weighted by molar-refractivity contribution is 7.12. The predicted octanol–water partition coefficient (Wildman–Crippen LogP) is 1.95. The van der Waals surface area contributed by atoms with Gasteiger partial charge in [-0.15, -0.1) is 5.10 Å². The highest BCUT2D eigenvalue weighted by Crippen LogP contribution is 2.18. The molecule has 1 amide bonds. The lowest BCUT2D eigenvalue weighted by Crippen LogP contribution is -2.13. The van der Waals surface area contributed by atoms with E-state index in [0.717, 1.165) is 16.7 Å². The molecule has 0 aliphatic rings. The Kier molecular flexibility index (Phi) is 3.09. The average Bonchev–Trinajstić information content (AvgIpc) is 3.04. The van der Waals surface area contributed by atoms with Gasteiger partial charge in [0.25, 0.3) is 5.91 Å². The van der Waals surface area contributed by atoms with E-state index in [9.17, 15) is 9.59 Å². The summed E-state index contributed by atoms with van der Waals surface area (Å²) in [6, 6.07) is 12.3. The smallest absolute Gasteiger partial charge is 0.265 e. The minimum absolute atomic E-state index is 0.143. The molecule has 4 aromatic rings. The summed E-state index contributed by atoms with van der Waals surface area (Å²) in [5.74, 6) is -0.367. The zero-order valence-corrected chi connectivity index (χ0v) is 12.4. The van der Waals surface area contributed by atoms with Crippen molar-refractivity contribution >= 4 is 39.4 Å². The Morgan fingerprint density at radius 3 is 2.96 bits per heavy atom. The van der Waals surface area contributed by atoms with E-state index in [1.807, 2.05) is 12.1 Å². The van der Waals surface area contributed by atoms with Crippen molar-refractivity contribution in [2.24, 2.45) is 0 Å². The Hall–Kier alpha value is -3.13. The van der Waals surface area contributed by atoms with Gasteiger partial charge in [-0.25, -0.2) is 0 Å². The fraction of sp³-hybridized carbons (Fsp3) is 0. The average molecular weight is 323 g/mol. The van der Waals surface area contributed by atoms with Crippen LogP contribution in [0.3, 0.4) is 0 Å². The number of tetrazole rings is 1. The third-order valence-electron chi connectivity index (χ3n) is 3.37. The van der Waals surface area contributed by atoms with Crippen LogP contribution in [-0.2, 0) is 0 Å². The van der Waals surface area contributed by atoms with Gasteiger partial charge >= 0.3 is 0 Å². The number of fused-ring (bicyclic) bond motifs is 2. The van der Waals surface area contributed by atoms with E-state index in [4.69, 9.17) is 0 Å². The van der Waals surface area contributed by atoms with Crippen LogP contribution in [0.2, 0.25) is 0 Å². The number of carbonyl (C=O) groups excluding carboxylic acids is 1. The Bertz CT molecular complexity index is 1100. The van der Waals surface area contributed by atoms with Gasteiger partial charge in [0.15, 0.2) is 0 Å². The molecule has 7 nitrogen and oxygen atoms in total. The molecule has 3 aromatic heterocycles. The fourth-order valence-corrected chi connectivity index (χ4v) is 3.12. The summed E-state index contributed by atoms with van der Waals surface area (Å²) in [4.78, 5) is 24.9. The van der Waals surface area contributed by atoms with Gasteiger partial charge in [0, 0.05) is 11.6 Å². The van der Waals surface area contributed by atoms with Gasteiger partial charge in [0.1, 0.15) is 0 Å². The molecule has 0 fully saturated rings. The van der Waals surface area contributed by atoms with Crippen LogP contribution in [0.25, 0.3) is 16.4 Å². The van der Waals surface area contributed by atoms with Crippen molar-refractivity contribution in [3.05, 3.63) is 63.1 Å². The van der Waals surface area contributed by atoms with E-state index in [1.165, 1.54) is 4.52 Å². The zero-order valence-electron chi connectivity index (χ0n) is 11.6. The fourth-order valence-electron chi connectivity index (χ4n) is 2.29. The van der Waals surface area contributed by atoms with Crippen molar-refractivity contribution in [2.45, 2.75) is 0 Å². The van der Waals surface area contributed by atoms with Gasteiger partial charge in [0.2, 0.25) is 10.4 Å². The normalized spacial score (nSPS) is 11.0. The molecule has 0 saturated heterocycles. The number of anilines is 1. The maximum Gasteiger partial charge on any atom is 0.265 e. The quantitative estimate of drug-likeness (QED) is 0.609. The highest BCUT2D eigenvalue weighted by atomic mass is 32.1. The van der Waals surface area contributed by atoms with Crippen LogP contribution >= 0.6 is 11.3 Å². The van der Waals surface area contributed by atoms with Crippen LogP contribution in [0.15, 0.2) is 53.5 Å². The number of carbonyl (C=O) groups is 1. The second kappa shape index (κ2) is 5.25. The number of nitrogens with zero attached hydrogens (tertiary/aromatic N) is 4. The molecule has 0 bridgehead atoms. The van der Waals surface area contributed by atoms with Crippen LogP contribution in [0.4, 0.5) is 5.69 Å². The molecule has 3 heterocycles. The third-order valence-corrected chi connectivity index (χ3v) is 4.29. The van der Waals surface area contributed by atoms with Gasteiger partial charge in [-0.2, -0.15) is 4.52 Å². The number of benzene rings is 1. The van der Waals surface area contributed by atoms with E-state index in [2.05, 4.69) is 20.8 Å². The van der Waals surface area contributed by atoms with Crippen molar-refractivity contribution < 1.29 is 4.79 Å². The number of nitrogens with one attached hydrogen (secondary N) is 1. The van der Waals surface area contributed by atoms with E-state index in [-0.39, 0.29) is 10.6 Å². The molecule has 8 heteroatoms. The highest BCUT2D eigenvalue weighted by Gasteiger charge is 2.13. The van der Waals surface area contributed by atoms with Gasteiger partial charge < -0.3 is 5.32 Å². The first kappa shape index (κ1) is 13.5. The zero-order chi connectivity index (χ0) is 15.8. The predicted molar refractivity (Wildman–Crippen MR) is 86.8 cm³/mol. The van der Waals surface area contributed by atoms with Crippen LogP contribution in [-0.4, -0.2) is 25.9 Å². The summed E-state index contributed by atoms with van der Waals surface area (Å²) in [6.45, 7) is 0. The molecule has 0 aliphatic heterocycles. The van der Waals surface area contributed by atoms with Crippen molar-refractivity contribution in [3.63, 3.8) is 0 Å². The lowest BCUT2D eigenvalue weighted by Gasteiger charge is -2.05. The number of hydrogen-bond donors (Lipinski definition) is 1. The SMILES string of the molecule is O=C(Nc1cccn2nnnc12)c1cc2ccccc2c(=O)s1. The number of aromatic nitrogens is 4. The Morgan fingerprint density at radius 2 is 2.04 bits per heavy atom. The molecule has 0 spiro atoms. The van der Waals surface area contributed by atoms with Gasteiger partial charge in [-0.1, -0.05) is 29.5 Å². The summed E-state index contributed by atoms with van der Waals surface area (Å²) >= 11 is 0.916. The summed E-state index contributed by atoms with van der Waals surface area (Å²) < 4.78 is 1.31. The third kappa shape index (κ3) is 2.34. The van der Waals surface area contributed by atoms with Crippen molar-refractivity contribution in [1.29, 1.82) is 0 Å². The Morgan fingerprint density at radius 1 is 1.17 bits per heavy atom. The minimum Gasteiger partial charge on any atom is -0.318 e. The van der Waals surface area contributed by atoms with Gasteiger partial charge in [-0.05, 0) is 40.1 Å². The molecule has 1 aromatic carbocycles. The van der Waals surface area contributed by atoms with E-state index in [1.54, 1.807) is 36.5 Å². The van der Waals surface area contributed by atoms with Crippen LogP contribution in [0.1, 0.15) is 9.67 Å². The molecule has 112 valence electrons. The molecule has 0 unspecified atom stereocenters. The molecule has 23 heavy (non-hydrogen) atoms. The minimum atomic E-state index is -0.367. The number of pyridine rings is 1. The van der Waals surface area contributed by atoms with Gasteiger partial charge in [0.05, 0.1) is 10.6 Å². The maximum atomic E-state index is 12.5. The second-order valence-electron chi connectivity index (χ2n) is 4.81. The number of hydrogen-bond acceptors (Lipinski definition) is 6. The van der Waals surface area contributed by atoms with Crippen molar-refractivity contribution in [1.82, 2.24) is 20.0 Å². The lowest BCUT2D eigenvalue weighted by molar-refractivity contribution is 0.103. The summed E-state index contributed by atoms with van der Waals surface area (Å²) in [5, 5.41) is 15.3. The number of amides is 1. The van der Waals surface area contributed by atoms with Crippen LogP contribution in [0, 0.1) is 0 Å². The molecule has 0 radical (unpaired) electrons. The Labute approximate surface area is 133 Å². The maximum absolute atomic E-state index is 12.5. The van der Waals surface area contributed by atoms with Crippen LogP contribution in [0.5, 0.6) is 0 Å². The van der Waals surface area contributed by atoms with E-state index < -0.39 is 0 Å². The summed E-state index contributed by atoms with van der Waals surface area (Å²) in [6.07, 6.45) is 1.68. The number of rotatable bonds is 2. The lowest BCUT2D eigenvalue weighted by atomic mass is 10.2. The molecule has 0 aliphatic carbocycles. The molecule has 0 saturated carbocycles. The first-order chi connectivity index (χ1) is 11.2. The molecular weight excluding hydrogens is 314 g/mol. The monoisotopic (exact) mass is 323 g/mol. The van der Waals surface area contributed by atoms with E-state index in [0.29, 0.717) is 21.6 Å². The molecule has 0 atom stereocenters. The standard InChI is InChI=1S/C15H9N5O2S/c21-14(16-11-6-3-7-20-13(11)17-18-19-20)12-8-9-4-1-2-5-10(9)15(22)23-12/h1-8H,(H,16,21). The van der Waals surface area contributed by atoms with Crippen LogP contribution < -0.4 is 10.1 Å². The summed E-state index contributed by atoms with van der Waals surface area (Å²) in [5.41, 5.74) is 0.921. The molecular formula is C15H9N5O2S. The van der Waals surface area contributed by atoms with Crippen molar-refractivity contribution in [2.75, 3.05) is 5.32 Å². The molecule has 4 rings (SSSR count). The largest absolute Gasteiger partial charge is 0.318 e. The van der Waals surface area contributed by atoms with E-state index >= 15 is 0 Å².